The molecule has 1 fully saturated rings. The second-order valence-corrected chi connectivity index (χ2v) is 6.56. The highest BCUT2D eigenvalue weighted by Gasteiger charge is 2.32. The van der Waals surface area contributed by atoms with Crippen molar-refractivity contribution in [1.29, 1.82) is 0 Å². The van der Waals surface area contributed by atoms with Gasteiger partial charge in [0.05, 0.1) is 24.1 Å². The van der Waals surface area contributed by atoms with Gasteiger partial charge in [-0.05, 0) is 39.5 Å². The van der Waals surface area contributed by atoms with Crippen LogP contribution < -0.4 is 10.1 Å². The third-order valence-corrected chi connectivity index (χ3v) is 4.61. The van der Waals surface area contributed by atoms with Gasteiger partial charge in [0, 0.05) is 11.1 Å². The molecule has 110 valence electrons. The van der Waals surface area contributed by atoms with Crippen molar-refractivity contribution in [3.8, 4) is 5.88 Å². The van der Waals surface area contributed by atoms with E-state index >= 15 is 0 Å². The summed E-state index contributed by atoms with van der Waals surface area (Å²) in [7, 11) is 0. The van der Waals surface area contributed by atoms with E-state index in [9.17, 15) is 4.79 Å². The summed E-state index contributed by atoms with van der Waals surface area (Å²) in [6.45, 7) is 1.74. The van der Waals surface area contributed by atoms with Crippen molar-refractivity contribution in [2.24, 2.45) is 0 Å². The van der Waals surface area contributed by atoms with Gasteiger partial charge in [0.2, 0.25) is 5.88 Å². The van der Waals surface area contributed by atoms with Crippen molar-refractivity contribution in [1.82, 2.24) is 15.2 Å². The first-order valence-electron chi connectivity index (χ1n) is 6.54. The molecule has 0 spiro atoms. The molecule has 5 nitrogen and oxygen atoms in total. The van der Waals surface area contributed by atoms with Crippen molar-refractivity contribution in [3.63, 3.8) is 0 Å². The van der Waals surface area contributed by atoms with E-state index in [4.69, 9.17) is 4.74 Å². The molecule has 7 heteroatoms. The molecule has 0 aliphatic carbocycles. The number of aromatic nitrogens is 1. The molecule has 1 N–H and O–H groups in total. The van der Waals surface area contributed by atoms with E-state index in [1.165, 1.54) is 0 Å². The number of carbonyl (C=O) groups is 1. The summed E-state index contributed by atoms with van der Waals surface area (Å²) in [5.74, 6) is 0.571. The van der Waals surface area contributed by atoms with Crippen LogP contribution in [0.5, 0.6) is 5.88 Å². The van der Waals surface area contributed by atoms with Crippen molar-refractivity contribution in [2.75, 3.05) is 13.1 Å². The Bertz CT molecular complexity index is 614. The summed E-state index contributed by atoms with van der Waals surface area (Å²) in [4.78, 5) is 19.0. The van der Waals surface area contributed by atoms with Crippen LogP contribution in [0.1, 0.15) is 4.88 Å². The molecule has 0 saturated carbocycles. The minimum absolute atomic E-state index is 0.00341. The van der Waals surface area contributed by atoms with Crippen molar-refractivity contribution in [3.05, 3.63) is 45.2 Å². The van der Waals surface area contributed by atoms with E-state index in [1.54, 1.807) is 22.4 Å². The van der Waals surface area contributed by atoms with E-state index in [0.29, 0.717) is 25.5 Å². The van der Waals surface area contributed by atoms with Gasteiger partial charge in [0.15, 0.2) is 0 Å². The van der Waals surface area contributed by atoms with Gasteiger partial charge in [-0.1, -0.05) is 6.07 Å². The summed E-state index contributed by atoms with van der Waals surface area (Å²) >= 11 is 5.02. The summed E-state index contributed by atoms with van der Waals surface area (Å²) in [5.41, 5.74) is 0. The van der Waals surface area contributed by atoms with E-state index < -0.39 is 0 Å². The zero-order valence-electron chi connectivity index (χ0n) is 11.2. The lowest BCUT2D eigenvalue weighted by atomic mass is 10.2. The Labute approximate surface area is 135 Å². The van der Waals surface area contributed by atoms with E-state index in [2.05, 4.69) is 26.2 Å². The zero-order valence-corrected chi connectivity index (χ0v) is 13.6. The van der Waals surface area contributed by atoms with Crippen LogP contribution in [0.2, 0.25) is 0 Å². The smallest absolute Gasteiger partial charge is 0.317 e. The molecule has 1 aliphatic heterocycles. The first-order chi connectivity index (χ1) is 10.2. The average Bonchev–Trinajstić information content (AvgIpc) is 2.95. The standard InChI is InChI=1S/C14H14BrN3O2S/c15-12-4-1-5-16-13(12)20-10-8-18(9-10)14(19)17-7-11-3-2-6-21-11/h1-6,10H,7-9H2,(H,17,19). The van der Waals surface area contributed by atoms with Crippen LogP contribution in [0.4, 0.5) is 4.79 Å². The zero-order chi connectivity index (χ0) is 14.7. The highest BCUT2D eigenvalue weighted by Crippen LogP contribution is 2.24. The van der Waals surface area contributed by atoms with Crippen LogP contribution in [-0.4, -0.2) is 35.1 Å². The number of pyridine rings is 1. The molecule has 3 rings (SSSR count). The van der Waals surface area contributed by atoms with Gasteiger partial charge in [-0.2, -0.15) is 0 Å². The number of urea groups is 1. The Kier molecular flexibility index (Phi) is 4.40. The normalized spacial score (nSPS) is 14.6. The van der Waals surface area contributed by atoms with E-state index in [1.807, 2.05) is 29.6 Å². The van der Waals surface area contributed by atoms with Gasteiger partial charge in [-0.3, -0.25) is 0 Å². The number of carbonyl (C=O) groups excluding carboxylic acids is 1. The number of nitrogens with one attached hydrogen (secondary N) is 1. The summed E-state index contributed by atoms with van der Waals surface area (Å²) in [6.07, 6.45) is 1.69. The molecule has 2 aromatic rings. The second kappa shape index (κ2) is 6.44. The molecular weight excluding hydrogens is 354 g/mol. The molecule has 0 unspecified atom stereocenters. The molecule has 0 aromatic carbocycles. The number of amides is 2. The van der Waals surface area contributed by atoms with Crippen LogP contribution >= 0.6 is 27.3 Å². The fraction of sp³-hybridized carbons (Fsp3) is 0.286. The lowest BCUT2D eigenvalue weighted by molar-refractivity contribution is 0.0408. The Morgan fingerprint density at radius 2 is 2.33 bits per heavy atom. The number of thiophene rings is 1. The van der Waals surface area contributed by atoms with Gasteiger partial charge in [-0.15, -0.1) is 11.3 Å². The molecule has 0 atom stereocenters. The molecule has 1 saturated heterocycles. The first kappa shape index (κ1) is 14.3. The molecule has 21 heavy (non-hydrogen) atoms. The van der Waals surface area contributed by atoms with Crippen LogP contribution in [0.15, 0.2) is 40.3 Å². The van der Waals surface area contributed by atoms with Crippen LogP contribution in [0.25, 0.3) is 0 Å². The number of rotatable bonds is 4. The van der Waals surface area contributed by atoms with Crippen molar-refractivity contribution in [2.45, 2.75) is 12.6 Å². The number of nitrogens with zero attached hydrogens (tertiary/aromatic N) is 2. The van der Waals surface area contributed by atoms with E-state index in [-0.39, 0.29) is 12.1 Å². The Morgan fingerprint density at radius 1 is 1.48 bits per heavy atom. The average molecular weight is 368 g/mol. The Balaban J connectivity index is 1.43. The number of hydrogen-bond donors (Lipinski definition) is 1. The number of halogens is 1. The van der Waals surface area contributed by atoms with E-state index in [0.717, 1.165) is 9.35 Å². The predicted molar refractivity (Wildman–Crippen MR) is 84.5 cm³/mol. The fourth-order valence-electron chi connectivity index (χ4n) is 1.98. The van der Waals surface area contributed by atoms with Crippen LogP contribution in [0.3, 0.4) is 0 Å². The maximum atomic E-state index is 11.9. The summed E-state index contributed by atoms with van der Waals surface area (Å²) in [6, 6.07) is 7.65. The Hall–Kier alpha value is -1.60. The van der Waals surface area contributed by atoms with Gasteiger partial charge in [0.1, 0.15) is 6.10 Å². The third kappa shape index (κ3) is 3.54. The predicted octanol–water partition coefficient (Wildman–Crippen LogP) is 2.88. The lowest BCUT2D eigenvalue weighted by Gasteiger charge is -2.38. The minimum Gasteiger partial charge on any atom is -0.470 e. The van der Waals surface area contributed by atoms with Crippen molar-refractivity contribution >= 4 is 33.3 Å². The molecule has 2 aromatic heterocycles. The summed E-state index contributed by atoms with van der Waals surface area (Å²) < 4.78 is 6.56. The largest absolute Gasteiger partial charge is 0.470 e. The number of likely N-dealkylation sites (tertiary alicyclic amines) is 1. The quantitative estimate of drug-likeness (QED) is 0.903. The molecular formula is C14H14BrN3O2S. The Morgan fingerprint density at radius 3 is 3.05 bits per heavy atom. The van der Waals surface area contributed by atoms with Gasteiger partial charge in [0.25, 0.3) is 0 Å². The number of ether oxygens (including phenoxy) is 1. The first-order valence-corrected chi connectivity index (χ1v) is 8.22. The number of hydrogen-bond acceptors (Lipinski definition) is 4. The second-order valence-electron chi connectivity index (χ2n) is 4.67. The molecule has 0 bridgehead atoms. The molecule has 1 aliphatic rings. The lowest BCUT2D eigenvalue weighted by Crippen LogP contribution is -2.58. The minimum atomic E-state index is -0.0525. The maximum absolute atomic E-state index is 11.9. The van der Waals surface area contributed by atoms with Gasteiger partial charge >= 0.3 is 6.03 Å². The highest BCUT2D eigenvalue weighted by molar-refractivity contribution is 9.10. The maximum Gasteiger partial charge on any atom is 0.317 e. The summed E-state index contributed by atoms with van der Waals surface area (Å²) in [5, 5.41) is 4.90. The third-order valence-electron chi connectivity index (χ3n) is 3.13. The highest BCUT2D eigenvalue weighted by atomic mass is 79.9. The fourth-order valence-corrected chi connectivity index (χ4v) is 2.97. The van der Waals surface area contributed by atoms with Crippen molar-refractivity contribution < 1.29 is 9.53 Å². The SMILES string of the molecule is O=C(NCc1cccs1)N1CC(Oc2ncccc2Br)C1. The van der Waals surface area contributed by atoms with Gasteiger partial charge < -0.3 is 15.0 Å². The molecule has 0 radical (unpaired) electrons. The molecule has 3 heterocycles. The topological polar surface area (TPSA) is 54.5 Å². The van der Waals surface area contributed by atoms with Crippen LogP contribution in [0, 0.1) is 0 Å². The monoisotopic (exact) mass is 367 g/mol. The van der Waals surface area contributed by atoms with Crippen LogP contribution in [-0.2, 0) is 6.54 Å². The molecule has 2 amide bonds. The van der Waals surface area contributed by atoms with Gasteiger partial charge in [-0.25, -0.2) is 9.78 Å².